The van der Waals surface area contributed by atoms with Gasteiger partial charge >= 0.3 is 7.60 Å². The lowest BCUT2D eigenvalue weighted by molar-refractivity contribution is -0.384. The third-order valence-electron chi connectivity index (χ3n) is 2.39. The fourth-order valence-corrected chi connectivity index (χ4v) is 5.83. The van der Waals surface area contributed by atoms with Gasteiger partial charge in [-0.1, -0.05) is 0 Å². The Labute approximate surface area is 122 Å². The van der Waals surface area contributed by atoms with Gasteiger partial charge in [0.05, 0.1) is 23.0 Å². The van der Waals surface area contributed by atoms with Gasteiger partial charge in [-0.25, -0.2) is 8.42 Å². The molecular weight excluding hydrogens is 321 g/mol. The van der Waals surface area contributed by atoms with Gasteiger partial charge in [-0.15, -0.1) is 0 Å². The zero-order valence-electron chi connectivity index (χ0n) is 11.6. The Hall–Kier alpha value is -1.28. The van der Waals surface area contributed by atoms with E-state index in [2.05, 4.69) is 0 Å². The Kier molecular flexibility index (Phi) is 6.03. The molecule has 0 saturated carbocycles. The molecule has 0 unspecified atom stereocenters. The predicted molar refractivity (Wildman–Crippen MR) is 76.0 cm³/mol. The second-order valence-corrected chi connectivity index (χ2v) is 8.41. The third kappa shape index (κ3) is 4.89. The van der Waals surface area contributed by atoms with E-state index in [1.807, 2.05) is 0 Å². The fourth-order valence-electron chi connectivity index (χ4n) is 1.56. The van der Waals surface area contributed by atoms with Gasteiger partial charge in [0.25, 0.3) is 5.69 Å². The highest BCUT2D eigenvalue weighted by atomic mass is 32.2. The zero-order valence-corrected chi connectivity index (χ0v) is 13.3. The molecule has 0 fully saturated rings. The molecule has 0 atom stereocenters. The number of nitro groups is 1. The minimum atomic E-state index is -3.94. The molecule has 10 heteroatoms. The number of sulfone groups is 1. The van der Waals surface area contributed by atoms with Crippen LogP contribution in [0, 0.1) is 10.1 Å². The summed E-state index contributed by atoms with van der Waals surface area (Å²) in [6.45, 7) is 3.24. The summed E-state index contributed by atoms with van der Waals surface area (Å²) in [6.07, 6.45) is 0. The van der Waals surface area contributed by atoms with Gasteiger partial charge in [0.1, 0.15) is 0 Å². The van der Waals surface area contributed by atoms with Crippen LogP contribution >= 0.6 is 7.60 Å². The van der Waals surface area contributed by atoms with Crippen molar-refractivity contribution in [3.8, 4) is 0 Å². The van der Waals surface area contributed by atoms with Gasteiger partial charge in [-0.3, -0.25) is 14.7 Å². The Morgan fingerprint density at radius 3 is 2.00 bits per heavy atom. The molecule has 0 N–H and O–H groups in total. The lowest BCUT2D eigenvalue weighted by Gasteiger charge is -2.16. The molecule has 0 heterocycles. The average Bonchev–Trinajstić information content (AvgIpc) is 2.38. The smallest absolute Gasteiger partial charge is 0.308 e. The number of hydrogen-bond acceptors (Lipinski definition) is 7. The first-order valence-electron chi connectivity index (χ1n) is 6.09. The van der Waals surface area contributed by atoms with Crippen LogP contribution < -0.4 is 0 Å². The Bertz CT molecular complexity index is 631. The molecule has 118 valence electrons. The SMILES string of the molecule is CCOP(=O)(CS(=O)(=O)c1ccc([N+](=O)[O-])cc1)OCC. The zero-order chi connectivity index (χ0) is 16.1. The number of nitrogens with zero attached hydrogens (tertiary/aromatic N) is 1. The van der Waals surface area contributed by atoms with Gasteiger partial charge < -0.3 is 9.05 Å². The summed E-state index contributed by atoms with van der Waals surface area (Å²) < 4.78 is 46.5. The number of nitro benzene ring substituents is 1. The van der Waals surface area contributed by atoms with Crippen molar-refractivity contribution in [3.63, 3.8) is 0 Å². The number of non-ortho nitro benzene ring substituents is 1. The largest absolute Gasteiger partial charge is 0.346 e. The molecule has 0 aliphatic carbocycles. The second-order valence-electron chi connectivity index (χ2n) is 3.94. The van der Waals surface area contributed by atoms with Crippen LogP contribution in [-0.2, 0) is 23.4 Å². The van der Waals surface area contributed by atoms with Crippen molar-refractivity contribution < 1.29 is 27.0 Å². The number of hydrogen-bond donors (Lipinski definition) is 0. The van der Waals surface area contributed by atoms with Crippen LogP contribution in [0.2, 0.25) is 0 Å². The molecule has 1 aromatic carbocycles. The van der Waals surface area contributed by atoms with E-state index in [0.717, 1.165) is 24.3 Å². The first-order valence-corrected chi connectivity index (χ1v) is 9.47. The van der Waals surface area contributed by atoms with Gasteiger partial charge in [-0.2, -0.15) is 0 Å². The van der Waals surface area contributed by atoms with Crippen LogP contribution in [0.5, 0.6) is 0 Å². The summed E-state index contributed by atoms with van der Waals surface area (Å²) >= 11 is 0. The van der Waals surface area contributed by atoms with Gasteiger partial charge in [0, 0.05) is 12.1 Å². The molecule has 0 aliphatic heterocycles. The van der Waals surface area contributed by atoms with Crippen molar-refractivity contribution in [2.45, 2.75) is 18.7 Å². The van der Waals surface area contributed by atoms with Crippen LogP contribution in [0.1, 0.15) is 13.8 Å². The molecule has 0 bridgehead atoms. The number of benzene rings is 1. The number of rotatable bonds is 8. The molecule has 1 aromatic rings. The van der Waals surface area contributed by atoms with Crippen LogP contribution in [0.3, 0.4) is 0 Å². The first-order chi connectivity index (χ1) is 9.74. The van der Waals surface area contributed by atoms with Crippen molar-refractivity contribution in [2.24, 2.45) is 0 Å². The van der Waals surface area contributed by atoms with Gasteiger partial charge in [0.15, 0.2) is 15.3 Å². The minimum absolute atomic E-state index is 0.0487. The topological polar surface area (TPSA) is 113 Å². The highest BCUT2D eigenvalue weighted by Crippen LogP contribution is 2.50. The summed E-state index contributed by atoms with van der Waals surface area (Å²) in [5, 5.41) is 10.5. The van der Waals surface area contributed by atoms with Gasteiger partial charge in [0.2, 0.25) is 0 Å². The quantitative estimate of drug-likeness (QED) is 0.407. The fraction of sp³-hybridized carbons (Fsp3) is 0.455. The molecule has 0 spiro atoms. The standard InChI is InChI=1S/C11H16NO7PS/c1-3-18-20(15,19-4-2)9-21(16,17)11-7-5-10(6-8-11)12(13)14/h5-8H,3-4,9H2,1-2H3. The maximum atomic E-state index is 12.2. The van der Waals surface area contributed by atoms with Crippen molar-refractivity contribution >= 4 is 23.1 Å². The predicted octanol–water partition coefficient (Wildman–Crippen LogP) is 2.59. The Balaban J connectivity index is 3.04. The van der Waals surface area contributed by atoms with Crippen molar-refractivity contribution in [1.82, 2.24) is 0 Å². The van der Waals surface area contributed by atoms with Crippen LogP contribution in [0.25, 0.3) is 0 Å². The van der Waals surface area contributed by atoms with E-state index in [-0.39, 0.29) is 23.8 Å². The maximum Gasteiger partial charge on any atom is 0.346 e. The average molecular weight is 337 g/mol. The second kappa shape index (κ2) is 7.13. The molecule has 0 aliphatic rings. The highest BCUT2D eigenvalue weighted by molar-refractivity contribution is 7.97. The van der Waals surface area contributed by atoms with Crippen molar-refractivity contribution in [2.75, 3.05) is 18.7 Å². The van der Waals surface area contributed by atoms with Crippen molar-refractivity contribution in [1.29, 1.82) is 0 Å². The molecular formula is C11H16NO7PS. The van der Waals surface area contributed by atoms with E-state index in [1.165, 1.54) is 0 Å². The molecule has 0 amide bonds. The minimum Gasteiger partial charge on any atom is -0.308 e. The van der Waals surface area contributed by atoms with Gasteiger partial charge in [-0.05, 0) is 26.0 Å². The third-order valence-corrected chi connectivity index (χ3v) is 7.30. The summed E-state index contributed by atoms with van der Waals surface area (Å²) in [5.41, 5.74) is -1.04. The van der Waals surface area contributed by atoms with E-state index in [9.17, 15) is 23.1 Å². The molecule has 8 nitrogen and oxygen atoms in total. The van der Waals surface area contributed by atoms with Crippen LogP contribution in [0.15, 0.2) is 29.2 Å². The van der Waals surface area contributed by atoms with E-state index in [1.54, 1.807) is 13.8 Å². The maximum absolute atomic E-state index is 12.2. The normalized spacial score (nSPS) is 12.3. The lowest BCUT2D eigenvalue weighted by Crippen LogP contribution is -2.11. The first kappa shape index (κ1) is 17.8. The molecule has 0 aromatic heterocycles. The van der Waals surface area contributed by atoms with E-state index < -0.39 is 27.9 Å². The van der Waals surface area contributed by atoms with Crippen LogP contribution in [-0.4, -0.2) is 32.0 Å². The monoisotopic (exact) mass is 337 g/mol. The van der Waals surface area contributed by atoms with Crippen LogP contribution in [0.4, 0.5) is 5.69 Å². The summed E-state index contributed by atoms with van der Waals surface area (Å²) in [7, 11) is -7.70. The Morgan fingerprint density at radius 1 is 1.14 bits per heavy atom. The summed E-state index contributed by atoms with van der Waals surface area (Å²) in [5.74, 6) is 0. The molecule has 0 radical (unpaired) electrons. The lowest BCUT2D eigenvalue weighted by atomic mass is 10.3. The summed E-state index contributed by atoms with van der Waals surface area (Å²) in [4.78, 5) is 9.72. The Morgan fingerprint density at radius 2 is 1.62 bits per heavy atom. The highest BCUT2D eigenvalue weighted by Gasteiger charge is 2.32. The molecule has 0 saturated heterocycles. The van der Waals surface area contributed by atoms with E-state index in [4.69, 9.17) is 9.05 Å². The van der Waals surface area contributed by atoms with E-state index in [0.29, 0.717) is 0 Å². The molecule has 21 heavy (non-hydrogen) atoms. The van der Waals surface area contributed by atoms with Crippen molar-refractivity contribution in [3.05, 3.63) is 34.4 Å². The summed E-state index contributed by atoms with van der Waals surface area (Å²) in [6, 6.07) is 4.32. The van der Waals surface area contributed by atoms with E-state index >= 15 is 0 Å². The molecule has 1 rings (SSSR count).